The van der Waals surface area contributed by atoms with E-state index in [9.17, 15) is 9.90 Å². The van der Waals surface area contributed by atoms with Crippen LogP contribution in [0.3, 0.4) is 0 Å². The number of ether oxygens (including phenoxy) is 1. The summed E-state index contributed by atoms with van der Waals surface area (Å²) in [4.78, 5) is 11.4. The van der Waals surface area contributed by atoms with E-state index in [1.54, 1.807) is 13.2 Å². The molecule has 1 aromatic heterocycles. The predicted octanol–water partition coefficient (Wildman–Crippen LogP) is 6.82. The zero-order valence-electron chi connectivity index (χ0n) is 18.1. The Hall–Kier alpha value is -2.49. The van der Waals surface area contributed by atoms with Gasteiger partial charge in [0.15, 0.2) is 11.5 Å². The van der Waals surface area contributed by atoms with Crippen LogP contribution in [0.4, 0.5) is 0 Å². The van der Waals surface area contributed by atoms with Crippen molar-refractivity contribution >= 4 is 5.97 Å². The summed E-state index contributed by atoms with van der Waals surface area (Å²) in [6.45, 7) is 8.07. The van der Waals surface area contributed by atoms with Crippen molar-refractivity contribution in [2.75, 3.05) is 0 Å². The molecule has 0 amide bonds. The molecule has 0 radical (unpaired) electrons. The molecule has 1 N–H and O–H groups in total. The monoisotopic (exact) mass is 398 g/mol. The van der Waals surface area contributed by atoms with Crippen molar-refractivity contribution in [3.63, 3.8) is 0 Å². The number of esters is 1. The standard InChI is InChI=1S/C25H34O4/c1-18(8-5-9-19(2)11-7-13-22-14-15-28-17-22)10-6-12-20(3)16-23-24(26)21(4)25(27)29-23/h5,8-9,14-18,20,26H,6-7,10-13H2,1-4H3/t18-,20+/m0/s1. The molecule has 0 spiro atoms. The van der Waals surface area contributed by atoms with Crippen LogP contribution in [0.5, 0.6) is 0 Å². The number of furan rings is 1. The first-order chi connectivity index (χ1) is 13.9. The van der Waals surface area contributed by atoms with Crippen LogP contribution >= 0.6 is 0 Å². The molecule has 29 heavy (non-hydrogen) atoms. The predicted molar refractivity (Wildman–Crippen MR) is 116 cm³/mol. The molecule has 0 saturated carbocycles. The second kappa shape index (κ2) is 11.5. The number of hydrogen-bond donors (Lipinski definition) is 1. The van der Waals surface area contributed by atoms with Crippen molar-refractivity contribution < 1.29 is 19.1 Å². The minimum atomic E-state index is -0.454. The van der Waals surface area contributed by atoms with Crippen LogP contribution in [0.15, 0.2) is 70.0 Å². The quantitative estimate of drug-likeness (QED) is 0.328. The fourth-order valence-corrected chi connectivity index (χ4v) is 3.32. The maximum atomic E-state index is 11.4. The van der Waals surface area contributed by atoms with Crippen LogP contribution in [-0.4, -0.2) is 11.1 Å². The molecule has 0 aromatic carbocycles. The van der Waals surface area contributed by atoms with Gasteiger partial charge in [-0.05, 0) is 75.5 Å². The number of cyclic esters (lactones) is 1. The van der Waals surface area contributed by atoms with E-state index in [2.05, 4.69) is 39.0 Å². The number of carbonyl (C=O) groups excluding carboxylic acids is 1. The summed E-state index contributed by atoms with van der Waals surface area (Å²) in [6.07, 6.45) is 18.5. The van der Waals surface area contributed by atoms with Crippen LogP contribution in [-0.2, 0) is 16.0 Å². The van der Waals surface area contributed by atoms with Gasteiger partial charge in [-0.25, -0.2) is 4.79 Å². The summed E-state index contributed by atoms with van der Waals surface area (Å²) in [5.74, 6) is 0.597. The molecule has 2 heterocycles. The smallest absolute Gasteiger partial charge is 0.343 e. The third-order valence-electron chi connectivity index (χ3n) is 5.29. The number of carbonyl (C=O) groups is 1. The first kappa shape index (κ1) is 22.8. The van der Waals surface area contributed by atoms with Gasteiger partial charge in [0, 0.05) is 0 Å². The number of aryl methyl sites for hydroxylation is 1. The van der Waals surface area contributed by atoms with Crippen LogP contribution in [0.1, 0.15) is 65.4 Å². The Morgan fingerprint density at radius 2 is 1.97 bits per heavy atom. The van der Waals surface area contributed by atoms with Crippen LogP contribution in [0.25, 0.3) is 0 Å². The Morgan fingerprint density at radius 3 is 2.62 bits per heavy atom. The van der Waals surface area contributed by atoms with Gasteiger partial charge in [-0.1, -0.05) is 44.1 Å². The summed E-state index contributed by atoms with van der Waals surface area (Å²) in [6, 6.07) is 2.03. The van der Waals surface area contributed by atoms with Gasteiger partial charge >= 0.3 is 5.97 Å². The van der Waals surface area contributed by atoms with Crippen molar-refractivity contribution in [3.8, 4) is 0 Å². The summed E-state index contributed by atoms with van der Waals surface area (Å²) in [7, 11) is 0. The average molecular weight is 399 g/mol. The van der Waals surface area contributed by atoms with Crippen LogP contribution in [0.2, 0.25) is 0 Å². The van der Waals surface area contributed by atoms with Gasteiger partial charge in [0.25, 0.3) is 0 Å². The molecule has 1 aromatic rings. The van der Waals surface area contributed by atoms with Crippen LogP contribution in [0, 0.1) is 11.8 Å². The Bertz CT molecular complexity index is 778. The lowest BCUT2D eigenvalue weighted by Crippen LogP contribution is -1.98. The second-order valence-electron chi connectivity index (χ2n) is 8.16. The Labute approximate surface area is 174 Å². The van der Waals surface area contributed by atoms with Crippen molar-refractivity contribution in [3.05, 3.63) is 71.1 Å². The Balaban J connectivity index is 1.64. The van der Waals surface area contributed by atoms with Gasteiger partial charge in [-0.3, -0.25) is 0 Å². The van der Waals surface area contributed by atoms with E-state index in [1.807, 2.05) is 18.4 Å². The number of rotatable bonds is 11. The summed E-state index contributed by atoms with van der Waals surface area (Å²) in [5.41, 5.74) is 2.94. The van der Waals surface area contributed by atoms with Gasteiger partial charge in [-0.2, -0.15) is 0 Å². The van der Waals surface area contributed by atoms with Gasteiger partial charge in [-0.15, -0.1) is 0 Å². The molecule has 1 aliphatic heterocycles. The first-order valence-electron chi connectivity index (χ1n) is 10.6. The van der Waals surface area contributed by atoms with Crippen molar-refractivity contribution in [2.45, 2.75) is 66.2 Å². The van der Waals surface area contributed by atoms with Gasteiger partial charge < -0.3 is 14.3 Å². The lowest BCUT2D eigenvalue weighted by molar-refractivity contribution is -0.133. The highest BCUT2D eigenvalue weighted by atomic mass is 16.6. The van der Waals surface area contributed by atoms with E-state index in [4.69, 9.17) is 9.15 Å². The number of hydrogen-bond acceptors (Lipinski definition) is 4. The minimum absolute atomic E-state index is 0.0231. The maximum absolute atomic E-state index is 11.4. The molecular formula is C25H34O4. The summed E-state index contributed by atoms with van der Waals surface area (Å²) >= 11 is 0. The van der Waals surface area contributed by atoms with E-state index in [1.165, 1.54) is 11.1 Å². The van der Waals surface area contributed by atoms with E-state index in [0.717, 1.165) is 38.5 Å². The van der Waals surface area contributed by atoms with Crippen LogP contribution < -0.4 is 0 Å². The highest BCUT2D eigenvalue weighted by molar-refractivity contribution is 5.93. The fourth-order valence-electron chi connectivity index (χ4n) is 3.32. The molecular weight excluding hydrogens is 364 g/mol. The average Bonchev–Trinajstić information content (AvgIpc) is 3.27. The zero-order valence-corrected chi connectivity index (χ0v) is 18.1. The molecule has 0 unspecified atom stereocenters. The normalized spacial score (nSPS) is 18.7. The molecule has 4 heteroatoms. The molecule has 1 aliphatic rings. The third kappa shape index (κ3) is 7.80. The molecule has 0 bridgehead atoms. The molecule has 2 atom stereocenters. The number of aliphatic hydroxyl groups excluding tert-OH is 1. The van der Waals surface area contributed by atoms with Crippen molar-refractivity contribution in [2.24, 2.45) is 11.8 Å². The third-order valence-corrected chi connectivity index (χ3v) is 5.29. The SMILES string of the molecule is CC(=CC=C[C@H](C)CCC[C@@H](C)C=C1OC(=O)C(C)=C1O)CCCc1ccoc1. The van der Waals surface area contributed by atoms with E-state index in [-0.39, 0.29) is 17.3 Å². The topological polar surface area (TPSA) is 59.7 Å². The lowest BCUT2D eigenvalue weighted by atomic mass is 9.97. The molecule has 0 fully saturated rings. The number of aliphatic hydroxyl groups is 1. The largest absolute Gasteiger partial charge is 0.504 e. The summed E-state index contributed by atoms with van der Waals surface area (Å²) in [5, 5.41) is 9.88. The minimum Gasteiger partial charge on any atom is -0.504 e. The summed E-state index contributed by atoms with van der Waals surface area (Å²) < 4.78 is 10.2. The van der Waals surface area contributed by atoms with E-state index < -0.39 is 5.97 Å². The highest BCUT2D eigenvalue weighted by Gasteiger charge is 2.26. The van der Waals surface area contributed by atoms with E-state index >= 15 is 0 Å². The van der Waals surface area contributed by atoms with Crippen molar-refractivity contribution in [1.82, 2.24) is 0 Å². The molecule has 2 rings (SSSR count). The van der Waals surface area contributed by atoms with Crippen molar-refractivity contribution in [1.29, 1.82) is 0 Å². The second-order valence-corrected chi connectivity index (χ2v) is 8.16. The lowest BCUT2D eigenvalue weighted by Gasteiger charge is -2.10. The van der Waals surface area contributed by atoms with Gasteiger partial charge in [0.1, 0.15) is 0 Å². The molecule has 158 valence electrons. The van der Waals surface area contributed by atoms with Gasteiger partial charge in [0.05, 0.1) is 18.1 Å². The highest BCUT2D eigenvalue weighted by Crippen LogP contribution is 2.26. The fraction of sp³-hybridized carbons (Fsp3) is 0.480. The molecule has 0 saturated heterocycles. The number of allylic oxidation sites excluding steroid dienone is 5. The Morgan fingerprint density at radius 1 is 1.21 bits per heavy atom. The molecule has 0 aliphatic carbocycles. The van der Waals surface area contributed by atoms with Gasteiger partial charge in [0.2, 0.25) is 0 Å². The zero-order chi connectivity index (χ0) is 21.2. The maximum Gasteiger partial charge on any atom is 0.343 e. The van der Waals surface area contributed by atoms with E-state index in [0.29, 0.717) is 11.7 Å². The Kier molecular flexibility index (Phi) is 9.04. The molecule has 4 nitrogen and oxygen atoms in total. The first-order valence-corrected chi connectivity index (χ1v) is 10.6.